The number of nitrogens with zero attached hydrogens (tertiary/aromatic N) is 1. The highest BCUT2D eigenvalue weighted by atomic mass is 32.2. The Hall–Kier alpha value is -2.98. The van der Waals surface area contributed by atoms with Gasteiger partial charge in [-0.05, 0) is 55.7 Å². The highest BCUT2D eigenvalue weighted by Crippen LogP contribution is 2.27. The molecule has 2 aromatic rings. The highest BCUT2D eigenvalue weighted by molar-refractivity contribution is 7.89. The van der Waals surface area contributed by atoms with E-state index in [0.717, 1.165) is 25.7 Å². The third-order valence-electron chi connectivity index (χ3n) is 5.63. The second kappa shape index (κ2) is 11.4. The van der Waals surface area contributed by atoms with Crippen molar-refractivity contribution in [1.29, 1.82) is 0 Å². The number of carbonyl (C=O) groups excluding carboxylic acids is 2. The van der Waals surface area contributed by atoms with Gasteiger partial charge >= 0.3 is 5.97 Å². The molecule has 0 aliphatic carbocycles. The Morgan fingerprint density at radius 3 is 2.32 bits per heavy atom. The van der Waals surface area contributed by atoms with Crippen LogP contribution in [0.1, 0.15) is 48.5 Å². The maximum absolute atomic E-state index is 13.1. The number of hydrogen-bond donors (Lipinski definition) is 1. The third kappa shape index (κ3) is 6.32. The molecule has 1 saturated heterocycles. The van der Waals surface area contributed by atoms with Crippen LogP contribution in [0.3, 0.4) is 0 Å². The Bertz CT molecular complexity index is 1110. The van der Waals surface area contributed by atoms with Crippen molar-refractivity contribution in [2.75, 3.05) is 20.2 Å². The summed E-state index contributed by atoms with van der Waals surface area (Å²) in [4.78, 5) is 25.2. The maximum atomic E-state index is 13.1. The molecule has 34 heavy (non-hydrogen) atoms. The molecule has 3 rings (SSSR count). The average Bonchev–Trinajstić information content (AvgIpc) is 3.13. The highest BCUT2D eigenvalue weighted by Gasteiger charge is 2.28. The minimum atomic E-state index is -3.79. The summed E-state index contributed by atoms with van der Waals surface area (Å²) in [5.74, 6) is -1.68. The van der Waals surface area contributed by atoms with Crippen LogP contribution >= 0.6 is 0 Å². The van der Waals surface area contributed by atoms with E-state index in [-0.39, 0.29) is 28.6 Å². The lowest BCUT2D eigenvalue weighted by Gasteiger charge is -2.21. The van der Waals surface area contributed by atoms with Crippen LogP contribution in [0.2, 0.25) is 0 Å². The fourth-order valence-corrected chi connectivity index (χ4v) is 5.19. The van der Waals surface area contributed by atoms with Crippen molar-refractivity contribution in [1.82, 2.24) is 9.62 Å². The molecule has 8 nitrogen and oxygen atoms in total. The first-order valence-corrected chi connectivity index (χ1v) is 12.6. The fraction of sp³-hybridized carbons (Fsp3) is 0.417. The van der Waals surface area contributed by atoms with E-state index in [9.17, 15) is 22.4 Å². The number of benzene rings is 2. The molecule has 1 aliphatic rings. The lowest BCUT2D eigenvalue weighted by molar-refractivity contribution is -0.129. The molecule has 1 unspecified atom stereocenters. The molecule has 0 bridgehead atoms. The molecular formula is C24H29FN2O6S. The van der Waals surface area contributed by atoms with Crippen molar-refractivity contribution < 1.29 is 31.9 Å². The lowest BCUT2D eigenvalue weighted by atomic mass is 10.2. The van der Waals surface area contributed by atoms with Crippen molar-refractivity contribution in [2.45, 2.75) is 50.2 Å². The number of hydrogen-bond acceptors (Lipinski definition) is 6. The zero-order valence-electron chi connectivity index (χ0n) is 19.3. The summed E-state index contributed by atoms with van der Waals surface area (Å²) in [5.41, 5.74) is 0.595. The number of amides is 1. The summed E-state index contributed by atoms with van der Waals surface area (Å²) in [5, 5.41) is 2.62. The Labute approximate surface area is 199 Å². The quantitative estimate of drug-likeness (QED) is 0.568. The fourth-order valence-electron chi connectivity index (χ4n) is 3.65. The first-order chi connectivity index (χ1) is 16.2. The molecule has 184 valence electrons. The maximum Gasteiger partial charge on any atom is 0.342 e. The van der Waals surface area contributed by atoms with Crippen LogP contribution < -0.4 is 10.1 Å². The summed E-state index contributed by atoms with van der Waals surface area (Å²) in [6.07, 6.45) is 2.38. The summed E-state index contributed by atoms with van der Waals surface area (Å²) in [6.45, 7) is 2.40. The van der Waals surface area contributed by atoms with Crippen molar-refractivity contribution in [2.24, 2.45) is 0 Å². The number of methoxy groups -OCH3 is 1. The van der Waals surface area contributed by atoms with Gasteiger partial charge in [-0.2, -0.15) is 4.31 Å². The first-order valence-electron chi connectivity index (χ1n) is 11.1. The van der Waals surface area contributed by atoms with Gasteiger partial charge in [0.2, 0.25) is 10.0 Å². The predicted octanol–water partition coefficient (Wildman–Crippen LogP) is 3.26. The Morgan fingerprint density at radius 2 is 1.71 bits per heavy atom. The van der Waals surface area contributed by atoms with Gasteiger partial charge in [0.05, 0.1) is 12.0 Å². The molecule has 2 aromatic carbocycles. The van der Waals surface area contributed by atoms with E-state index >= 15 is 0 Å². The van der Waals surface area contributed by atoms with Crippen LogP contribution in [0.15, 0.2) is 47.4 Å². The standard InChI is InChI=1S/C24H29FN2O6S/c1-17(23(28)26-16-18-7-9-19(25)10-8-18)33-24(29)21-15-20(11-12-22(21)32-2)34(30,31)27-13-5-3-4-6-14-27/h7-12,15,17H,3-6,13-14,16H2,1-2H3,(H,26,28). The Morgan fingerprint density at radius 1 is 1.06 bits per heavy atom. The normalized spacial score (nSPS) is 15.7. The number of sulfonamides is 1. The van der Waals surface area contributed by atoms with Gasteiger partial charge in [0, 0.05) is 19.6 Å². The second-order valence-electron chi connectivity index (χ2n) is 8.07. The zero-order valence-corrected chi connectivity index (χ0v) is 20.1. The largest absolute Gasteiger partial charge is 0.496 e. The molecule has 1 heterocycles. The monoisotopic (exact) mass is 492 g/mol. The first kappa shape index (κ1) is 25.6. The minimum Gasteiger partial charge on any atom is -0.496 e. The van der Waals surface area contributed by atoms with Gasteiger partial charge in [-0.1, -0.05) is 25.0 Å². The second-order valence-corrected chi connectivity index (χ2v) is 10.0. The van der Waals surface area contributed by atoms with E-state index < -0.39 is 28.0 Å². The van der Waals surface area contributed by atoms with Gasteiger partial charge in [-0.3, -0.25) is 4.79 Å². The van der Waals surface area contributed by atoms with Crippen LogP contribution in [0, 0.1) is 5.82 Å². The third-order valence-corrected chi connectivity index (χ3v) is 7.52. The number of ether oxygens (including phenoxy) is 2. The van der Waals surface area contributed by atoms with E-state index in [1.54, 1.807) is 0 Å². The van der Waals surface area contributed by atoms with Crippen LogP contribution in [0.5, 0.6) is 5.75 Å². The molecule has 1 N–H and O–H groups in total. The van der Waals surface area contributed by atoms with Crippen LogP contribution in [0.4, 0.5) is 4.39 Å². The summed E-state index contributed by atoms with van der Waals surface area (Å²) < 4.78 is 51.2. The Kier molecular flexibility index (Phi) is 8.62. The van der Waals surface area contributed by atoms with Crippen molar-refractivity contribution in [3.8, 4) is 5.75 Å². The van der Waals surface area contributed by atoms with E-state index in [0.29, 0.717) is 18.7 Å². The van der Waals surface area contributed by atoms with Crippen LogP contribution in [-0.4, -0.2) is 50.9 Å². The topological polar surface area (TPSA) is 102 Å². The zero-order chi connectivity index (χ0) is 24.7. The van der Waals surface area contributed by atoms with E-state index in [1.807, 2.05) is 0 Å². The predicted molar refractivity (Wildman–Crippen MR) is 123 cm³/mol. The number of halogens is 1. The van der Waals surface area contributed by atoms with Gasteiger partial charge in [0.1, 0.15) is 17.1 Å². The number of nitrogens with one attached hydrogen (secondary N) is 1. The summed E-state index contributed by atoms with van der Waals surface area (Å²) in [7, 11) is -2.43. The lowest BCUT2D eigenvalue weighted by Crippen LogP contribution is -2.35. The van der Waals surface area contributed by atoms with Gasteiger partial charge in [0.15, 0.2) is 6.10 Å². The van der Waals surface area contributed by atoms with Crippen LogP contribution in [0.25, 0.3) is 0 Å². The molecule has 0 radical (unpaired) electrons. The van der Waals surface area contributed by atoms with Crippen LogP contribution in [-0.2, 0) is 26.1 Å². The molecule has 1 amide bonds. The molecule has 1 atom stereocenters. The molecule has 0 aromatic heterocycles. The van der Waals surface area contributed by atoms with Crippen molar-refractivity contribution >= 4 is 21.9 Å². The van der Waals surface area contributed by atoms with Gasteiger partial charge in [0.25, 0.3) is 5.91 Å². The molecule has 1 aliphatic heterocycles. The smallest absolute Gasteiger partial charge is 0.342 e. The molecule has 1 fully saturated rings. The summed E-state index contributed by atoms with van der Waals surface area (Å²) >= 11 is 0. The van der Waals surface area contributed by atoms with Crippen molar-refractivity contribution in [3.05, 3.63) is 59.4 Å². The van der Waals surface area contributed by atoms with E-state index in [2.05, 4.69) is 5.32 Å². The van der Waals surface area contributed by atoms with Gasteiger partial charge in [-0.25, -0.2) is 17.6 Å². The number of esters is 1. The minimum absolute atomic E-state index is 0.0319. The summed E-state index contributed by atoms with van der Waals surface area (Å²) in [6, 6.07) is 9.66. The molecule has 0 spiro atoms. The van der Waals surface area contributed by atoms with Gasteiger partial charge < -0.3 is 14.8 Å². The van der Waals surface area contributed by atoms with E-state index in [1.165, 1.54) is 60.8 Å². The SMILES string of the molecule is COc1ccc(S(=O)(=O)N2CCCCCC2)cc1C(=O)OC(C)C(=O)NCc1ccc(F)cc1. The van der Waals surface area contributed by atoms with E-state index in [4.69, 9.17) is 9.47 Å². The molecular weight excluding hydrogens is 463 g/mol. The number of carbonyl (C=O) groups is 2. The van der Waals surface area contributed by atoms with Gasteiger partial charge in [-0.15, -0.1) is 0 Å². The number of rotatable bonds is 8. The average molecular weight is 493 g/mol. The van der Waals surface area contributed by atoms with Crippen molar-refractivity contribution in [3.63, 3.8) is 0 Å². The Balaban J connectivity index is 1.71. The molecule has 10 heteroatoms. The molecule has 0 saturated carbocycles.